The Kier molecular flexibility index (Phi) is 5.43. The van der Waals surface area contributed by atoms with Gasteiger partial charge in [-0.15, -0.1) is 0 Å². The van der Waals surface area contributed by atoms with E-state index in [0.29, 0.717) is 17.6 Å². The smallest absolute Gasteiger partial charge is 0.238 e. The molecule has 3 heterocycles. The molecule has 9 rings (SSSR count). The Balaban J connectivity index is 1.43. The number of nitrogens with zero attached hydrogens (tertiary/aromatic N) is 5. The second-order valence-corrected chi connectivity index (χ2v) is 10.9. The van der Waals surface area contributed by atoms with Crippen molar-refractivity contribution >= 4 is 43.6 Å². The molecule has 44 heavy (non-hydrogen) atoms. The van der Waals surface area contributed by atoms with E-state index in [-0.39, 0.29) is 0 Å². The Morgan fingerprint density at radius 2 is 0.886 bits per heavy atom. The summed E-state index contributed by atoms with van der Waals surface area (Å²) in [5, 5.41) is 4.76. The van der Waals surface area contributed by atoms with E-state index in [1.165, 1.54) is 27.2 Å². The van der Waals surface area contributed by atoms with E-state index in [4.69, 9.17) is 15.0 Å². The number of rotatable bonds is 4. The maximum atomic E-state index is 5.11. The van der Waals surface area contributed by atoms with Crippen LogP contribution < -0.4 is 0 Å². The molecule has 0 bridgehead atoms. The summed E-state index contributed by atoms with van der Waals surface area (Å²) in [6, 6.07) is 52.5. The normalized spacial score (nSPS) is 11.6. The lowest BCUT2D eigenvalue weighted by Crippen LogP contribution is -2.06. The molecule has 0 unspecified atom stereocenters. The summed E-state index contributed by atoms with van der Waals surface area (Å²) in [5.41, 5.74) is 7.45. The maximum absolute atomic E-state index is 5.11. The quantitative estimate of drug-likeness (QED) is 0.214. The number of hydrogen-bond donors (Lipinski definition) is 0. The summed E-state index contributed by atoms with van der Waals surface area (Å²) < 4.78 is 4.58. The molecule has 0 radical (unpaired) electrons. The molecule has 6 aromatic carbocycles. The van der Waals surface area contributed by atoms with Crippen molar-refractivity contribution in [3.63, 3.8) is 0 Å². The first-order valence-corrected chi connectivity index (χ1v) is 14.7. The van der Waals surface area contributed by atoms with Crippen LogP contribution in [0.3, 0.4) is 0 Å². The van der Waals surface area contributed by atoms with Crippen molar-refractivity contribution in [2.75, 3.05) is 0 Å². The SMILES string of the molecule is c1ccc(-c2nc(-c3ccccc3)nc(-n3c4ccccc4c4c3ccc3c5ccccc5n(-c5ccccc5)c34)n2)cc1. The standard InChI is InChI=1S/C39H25N5/c1-4-14-26(15-5-1)37-40-38(27-16-6-2-7-17-27)42-39(41-37)44-33-23-13-11-21-31(33)35-34(44)25-24-30-29-20-10-12-22-32(29)43(36(30)35)28-18-8-3-9-19-28/h1-25H. The van der Waals surface area contributed by atoms with Crippen LogP contribution in [-0.4, -0.2) is 24.1 Å². The van der Waals surface area contributed by atoms with Crippen molar-refractivity contribution in [3.05, 3.63) is 152 Å². The maximum Gasteiger partial charge on any atom is 0.238 e. The van der Waals surface area contributed by atoms with Gasteiger partial charge < -0.3 is 4.57 Å². The predicted molar refractivity (Wildman–Crippen MR) is 179 cm³/mol. The molecule has 5 heteroatoms. The Bertz CT molecular complexity index is 2420. The lowest BCUT2D eigenvalue weighted by atomic mass is 10.1. The zero-order valence-electron chi connectivity index (χ0n) is 23.7. The second-order valence-electron chi connectivity index (χ2n) is 10.9. The number of para-hydroxylation sites is 3. The highest BCUT2D eigenvalue weighted by molar-refractivity contribution is 6.26. The van der Waals surface area contributed by atoms with Crippen molar-refractivity contribution in [1.82, 2.24) is 24.1 Å². The molecule has 0 N–H and O–H groups in total. The molecule has 0 fully saturated rings. The molecule has 0 atom stereocenters. The lowest BCUT2D eigenvalue weighted by Gasteiger charge is -2.11. The summed E-state index contributed by atoms with van der Waals surface area (Å²) in [7, 11) is 0. The van der Waals surface area contributed by atoms with Crippen LogP contribution in [0.4, 0.5) is 0 Å². The van der Waals surface area contributed by atoms with E-state index in [1.54, 1.807) is 0 Å². The van der Waals surface area contributed by atoms with Gasteiger partial charge in [0.05, 0.1) is 22.1 Å². The lowest BCUT2D eigenvalue weighted by molar-refractivity contribution is 0.953. The Labute approximate surface area is 253 Å². The molecule has 0 saturated carbocycles. The second kappa shape index (κ2) is 9.75. The van der Waals surface area contributed by atoms with Crippen molar-refractivity contribution in [3.8, 4) is 34.4 Å². The fourth-order valence-corrected chi connectivity index (χ4v) is 6.47. The molecule has 5 nitrogen and oxygen atoms in total. The van der Waals surface area contributed by atoms with Gasteiger partial charge in [-0.1, -0.05) is 121 Å². The van der Waals surface area contributed by atoms with Gasteiger partial charge in [0.15, 0.2) is 11.6 Å². The van der Waals surface area contributed by atoms with E-state index in [2.05, 4.69) is 100 Å². The first kappa shape index (κ1) is 24.5. The van der Waals surface area contributed by atoms with Crippen LogP contribution in [0.1, 0.15) is 0 Å². The monoisotopic (exact) mass is 563 g/mol. The van der Waals surface area contributed by atoms with E-state index >= 15 is 0 Å². The summed E-state index contributed by atoms with van der Waals surface area (Å²) in [6.07, 6.45) is 0. The van der Waals surface area contributed by atoms with Gasteiger partial charge in [-0.2, -0.15) is 9.97 Å². The molecule has 0 aliphatic heterocycles. The van der Waals surface area contributed by atoms with E-state index in [9.17, 15) is 0 Å². The van der Waals surface area contributed by atoms with E-state index in [0.717, 1.165) is 33.2 Å². The van der Waals surface area contributed by atoms with Gasteiger partial charge in [0.1, 0.15) is 0 Å². The third-order valence-electron chi connectivity index (χ3n) is 8.37. The van der Waals surface area contributed by atoms with Gasteiger partial charge >= 0.3 is 0 Å². The molecule has 0 saturated heterocycles. The first-order chi connectivity index (χ1) is 21.8. The van der Waals surface area contributed by atoms with Crippen LogP contribution in [0.2, 0.25) is 0 Å². The molecule has 0 amide bonds. The van der Waals surface area contributed by atoms with Crippen molar-refractivity contribution in [2.45, 2.75) is 0 Å². The van der Waals surface area contributed by atoms with Crippen LogP contribution in [0.15, 0.2) is 152 Å². The average molecular weight is 564 g/mol. The Morgan fingerprint density at radius 3 is 1.52 bits per heavy atom. The van der Waals surface area contributed by atoms with Gasteiger partial charge in [0.25, 0.3) is 0 Å². The summed E-state index contributed by atoms with van der Waals surface area (Å²) in [6.45, 7) is 0. The van der Waals surface area contributed by atoms with Crippen LogP contribution in [0.5, 0.6) is 0 Å². The third-order valence-corrected chi connectivity index (χ3v) is 8.37. The number of aromatic nitrogens is 5. The summed E-state index contributed by atoms with van der Waals surface area (Å²) in [5.74, 6) is 1.87. The zero-order valence-corrected chi connectivity index (χ0v) is 23.7. The highest BCUT2D eigenvalue weighted by Gasteiger charge is 2.22. The Morgan fingerprint density at radius 1 is 0.364 bits per heavy atom. The molecule has 9 aromatic rings. The van der Waals surface area contributed by atoms with Gasteiger partial charge in [0, 0.05) is 38.4 Å². The minimum absolute atomic E-state index is 0.589. The Hall–Kier alpha value is -6.07. The van der Waals surface area contributed by atoms with Crippen LogP contribution in [-0.2, 0) is 0 Å². The molecular weight excluding hydrogens is 538 g/mol. The summed E-state index contributed by atoms with van der Waals surface area (Å²) >= 11 is 0. The molecule has 0 spiro atoms. The number of hydrogen-bond acceptors (Lipinski definition) is 3. The minimum atomic E-state index is 0.589. The molecule has 206 valence electrons. The number of benzene rings is 6. The first-order valence-electron chi connectivity index (χ1n) is 14.7. The van der Waals surface area contributed by atoms with Crippen LogP contribution >= 0.6 is 0 Å². The van der Waals surface area contributed by atoms with E-state index in [1.807, 2.05) is 60.7 Å². The van der Waals surface area contributed by atoms with Gasteiger partial charge in [-0.3, -0.25) is 4.57 Å². The van der Waals surface area contributed by atoms with Crippen molar-refractivity contribution in [2.24, 2.45) is 0 Å². The molecular formula is C39H25N5. The van der Waals surface area contributed by atoms with Gasteiger partial charge in [-0.05, 0) is 30.3 Å². The van der Waals surface area contributed by atoms with Gasteiger partial charge in [0.2, 0.25) is 5.95 Å². The summed E-state index contributed by atoms with van der Waals surface area (Å²) in [4.78, 5) is 15.2. The fourth-order valence-electron chi connectivity index (χ4n) is 6.47. The van der Waals surface area contributed by atoms with Crippen molar-refractivity contribution < 1.29 is 0 Å². The van der Waals surface area contributed by atoms with Crippen LogP contribution in [0.25, 0.3) is 78.0 Å². The van der Waals surface area contributed by atoms with Crippen molar-refractivity contribution in [1.29, 1.82) is 0 Å². The predicted octanol–water partition coefficient (Wildman–Crippen LogP) is 9.40. The minimum Gasteiger partial charge on any atom is -0.309 e. The van der Waals surface area contributed by atoms with E-state index < -0.39 is 0 Å². The van der Waals surface area contributed by atoms with Crippen LogP contribution in [0, 0.1) is 0 Å². The molecule has 3 aromatic heterocycles. The molecule has 0 aliphatic carbocycles. The highest BCUT2D eigenvalue weighted by atomic mass is 15.2. The fraction of sp³-hybridized carbons (Fsp3) is 0. The van der Waals surface area contributed by atoms with Gasteiger partial charge in [-0.25, -0.2) is 4.98 Å². The zero-order chi connectivity index (χ0) is 29.0. The average Bonchev–Trinajstić information content (AvgIpc) is 3.62. The third kappa shape index (κ3) is 3.69. The highest BCUT2D eigenvalue weighted by Crippen LogP contribution is 2.41. The topological polar surface area (TPSA) is 48.5 Å². The largest absolute Gasteiger partial charge is 0.309 e. The number of fused-ring (bicyclic) bond motifs is 7. The molecule has 0 aliphatic rings.